The van der Waals surface area contributed by atoms with Gasteiger partial charge in [0.2, 0.25) is 5.91 Å². The summed E-state index contributed by atoms with van der Waals surface area (Å²) in [4.78, 5) is 39.8. The highest BCUT2D eigenvalue weighted by Crippen LogP contribution is 2.09. The van der Waals surface area contributed by atoms with E-state index >= 15 is 0 Å². The molecule has 1 aromatic heterocycles. The lowest BCUT2D eigenvalue weighted by atomic mass is 10.1. The number of hydrogen-bond donors (Lipinski definition) is 3. The van der Waals surface area contributed by atoms with Gasteiger partial charge in [-0.3, -0.25) is 14.3 Å². The predicted octanol–water partition coefficient (Wildman–Crippen LogP) is -1.70. The second-order valence-electron chi connectivity index (χ2n) is 4.59. The maximum atomic E-state index is 12.1. The molecule has 10 nitrogen and oxygen atoms in total. The fourth-order valence-corrected chi connectivity index (χ4v) is 2.05. The van der Waals surface area contributed by atoms with Gasteiger partial charge >= 0.3 is 12.0 Å². The van der Waals surface area contributed by atoms with Gasteiger partial charge in [-0.05, 0) is 0 Å². The average Bonchev–Trinajstić information content (AvgIpc) is 2.84. The lowest BCUT2D eigenvalue weighted by Gasteiger charge is -2.34. The number of aryl methyl sites for hydroxylation is 1. The molecule has 3 amide bonds. The van der Waals surface area contributed by atoms with E-state index in [1.807, 2.05) is 0 Å². The third kappa shape index (κ3) is 3.68. The first-order valence-corrected chi connectivity index (χ1v) is 6.36. The van der Waals surface area contributed by atoms with E-state index in [0.717, 1.165) is 0 Å². The van der Waals surface area contributed by atoms with Crippen LogP contribution in [0.15, 0.2) is 6.33 Å². The zero-order chi connectivity index (χ0) is 15.4. The number of carboxylic acid groups (broad SMARTS) is 1. The van der Waals surface area contributed by atoms with Crippen LogP contribution in [0.25, 0.3) is 0 Å². The molecule has 0 aliphatic carbocycles. The number of aromatic nitrogens is 3. The topological polar surface area (TPSA) is 129 Å². The van der Waals surface area contributed by atoms with Gasteiger partial charge in [-0.25, -0.2) is 9.78 Å². The number of carbonyl (C=O) groups is 3. The van der Waals surface area contributed by atoms with Crippen molar-refractivity contribution in [2.75, 3.05) is 13.1 Å². The van der Waals surface area contributed by atoms with Crippen molar-refractivity contribution in [3.63, 3.8) is 0 Å². The van der Waals surface area contributed by atoms with Crippen molar-refractivity contribution < 1.29 is 19.5 Å². The SMILES string of the molecule is Cn1cnc(CNC(=O)N2CCNC(=O)C2CC(=O)O)n1. The molecule has 0 bridgehead atoms. The molecule has 0 saturated carbocycles. The van der Waals surface area contributed by atoms with E-state index in [1.54, 1.807) is 7.05 Å². The van der Waals surface area contributed by atoms with Crippen molar-refractivity contribution >= 4 is 17.9 Å². The molecule has 3 N–H and O–H groups in total. The van der Waals surface area contributed by atoms with Crippen molar-refractivity contribution in [1.29, 1.82) is 0 Å². The Morgan fingerprint density at radius 3 is 2.95 bits per heavy atom. The third-order valence-electron chi connectivity index (χ3n) is 3.00. The average molecular weight is 296 g/mol. The maximum absolute atomic E-state index is 12.1. The Hall–Kier alpha value is -2.65. The number of nitrogens with one attached hydrogen (secondary N) is 2. The van der Waals surface area contributed by atoms with Gasteiger partial charge in [-0.15, -0.1) is 0 Å². The van der Waals surface area contributed by atoms with Gasteiger partial charge < -0.3 is 20.6 Å². The summed E-state index contributed by atoms with van der Waals surface area (Å²) < 4.78 is 1.50. The van der Waals surface area contributed by atoms with Crippen LogP contribution in [0.4, 0.5) is 4.79 Å². The molecular weight excluding hydrogens is 280 g/mol. The molecule has 0 radical (unpaired) electrons. The van der Waals surface area contributed by atoms with Crippen LogP contribution >= 0.6 is 0 Å². The number of hydrogen-bond acceptors (Lipinski definition) is 5. The molecule has 0 aromatic carbocycles. The third-order valence-corrected chi connectivity index (χ3v) is 3.00. The van der Waals surface area contributed by atoms with E-state index in [0.29, 0.717) is 12.4 Å². The fourth-order valence-electron chi connectivity index (χ4n) is 2.05. The van der Waals surface area contributed by atoms with Crippen LogP contribution in [-0.4, -0.2) is 61.8 Å². The van der Waals surface area contributed by atoms with E-state index in [-0.39, 0.29) is 13.1 Å². The summed E-state index contributed by atoms with van der Waals surface area (Å²) >= 11 is 0. The number of nitrogens with zero attached hydrogens (tertiary/aromatic N) is 4. The van der Waals surface area contributed by atoms with Gasteiger partial charge in [0, 0.05) is 20.1 Å². The van der Waals surface area contributed by atoms with Crippen LogP contribution in [0, 0.1) is 0 Å². The number of urea groups is 1. The maximum Gasteiger partial charge on any atom is 0.318 e. The molecule has 1 aromatic rings. The summed E-state index contributed by atoms with van der Waals surface area (Å²) in [5, 5.41) is 18.0. The minimum absolute atomic E-state index is 0.109. The minimum Gasteiger partial charge on any atom is -0.481 e. The molecule has 1 aliphatic heterocycles. The number of carboxylic acids is 1. The number of piperazine rings is 1. The molecular formula is C11H16N6O4. The molecule has 2 rings (SSSR count). The van der Waals surface area contributed by atoms with Crippen LogP contribution in [0.3, 0.4) is 0 Å². The van der Waals surface area contributed by atoms with E-state index in [1.165, 1.54) is 15.9 Å². The summed E-state index contributed by atoms with van der Waals surface area (Å²) in [5.41, 5.74) is 0. The molecule has 1 atom stereocenters. The summed E-state index contributed by atoms with van der Waals surface area (Å²) in [6.45, 7) is 0.660. The smallest absolute Gasteiger partial charge is 0.318 e. The van der Waals surface area contributed by atoms with E-state index in [4.69, 9.17) is 5.11 Å². The monoisotopic (exact) mass is 296 g/mol. The van der Waals surface area contributed by atoms with Gasteiger partial charge in [0.15, 0.2) is 5.82 Å². The number of aliphatic carboxylic acids is 1. The quantitative estimate of drug-likeness (QED) is 0.607. The Kier molecular flexibility index (Phi) is 4.36. The molecule has 1 saturated heterocycles. The zero-order valence-electron chi connectivity index (χ0n) is 11.4. The number of carbonyl (C=O) groups excluding carboxylic acids is 2. The highest BCUT2D eigenvalue weighted by atomic mass is 16.4. The second kappa shape index (κ2) is 6.20. The number of amides is 3. The molecule has 21 heavy (non-hydrogen) atoms. The Bertz CT molecular complexity index is 557. The Balaban J connectivity index is 1.98. The van der Waals surface area contributed by atoms with Crippen LogP contribution in [-0.2, 0) is 23.2 Å². The van der Waals surface area contributed by atoms with Crippen molar-refractivity contribution in [2.45, 2.75) is 19.0 Å². The van der Waals surface area contributed by atoms with Gasteiger partial charge in [0.1, 0.15) is 12.4 Å². The first kappa shape index (κ1) is 14.8. The lowest BCUT2D eigenvalue weighted by Crippen LogP contribution is -2.59. The molecule has 1 fully saturated rings. The first-order valence-electron chi connectivity index (χ1n) is 6.36. The standard InChI is InChI=1S/C11H16N6O4/c1-16-6-14-8(15-16)5-13-11(21)17-3-2-12-10(20)7(17)4-9(18)19/h6-7H,2-5H2,1H3,(H,12,20)(H,13,21)(H,18,19). The van der Waals surface area contributed by atoms with Gasteiger partial charge in [-0.1, -0.05) is 0 Å². The lowest BCUT2D eigenvalue weighted by molar-refractivity contribution is -0.142. The first-order chi connectivity index (χ1) is 9.97. The number of rotatable bonds is 4. The normalized spacial score (nSPS) is 18.2. The van der Waals surface area contributed by atoms with E-state index in [2.05, 4.69) is 20.7 Å². The molecule has 0 spiro atoms. The Morgan fingerprint density at radius 2 is 2.33 bits per heavy atom. The zero-order valence-corrected chi connectivity index (χ0v) is 11.4. The van der Waals surface area contributed by atoms with Crippen molar-refractivity contribution in [3.8, 4) is 0 Å². The van der Waals surface area contributed by atoms with Crippen LogP contribution in [0.1, 0.15) is 12.2 Å². The summed E-state index contributed by atoms with van der Waals surface area (Å²) in [6, 6.07) is -1.52. The van der Waals surface area contributed by atoms with Gasteiger partial charge in [0.05, 0.1) is 13.0 Å². The molecule has 114 valence electrons. The van der Waals surface area contributed by atoms with Crippen molar-refractivity contribution in [1.82, 2.24) is 30.3 Å². The van der Waals surface area contributed by atoms with Crippen LogP contribution in [0.5, 0.6) is 0 Å². The van der Waals surface area contributed by atoms with Crippen molar-refractivity contribution in [3.05, 3.63) is 12.2 Å². The summed E-state index contributed by atoms with van der Waals surface area (Å²) in [6.07, 6.45) is 1.07. The summed E-state index contributed by atoms with van der Waals surface area (Å²) in [5.74, 6) is -1.17. The predicted molar refractivity (Wildman–Crippen MR) is 69.0 cm³/mol. The molecule has 10 heteroatoms. The van der Waals surface area contributed by atoms with Crippen LogP contribution < -0.4 is 10.6 Å². The largest absolute Gasteiger partial charge is 0.481 e. The van der Waals surface area contributed by atoms with Crippen LogP contribution in [0.2, 0.25) is 0 Å². The van der Waals surface area contributed by atoms with E-state index < -0.39 is 30.4 Å². The highest BCUT2D eigenvalue weighted by molar-refractivity contribution is 5.91. The molecule has 1 aliphatic rings. The molecule has 2 heterocycles. The van der Waals surface area contributed by atoms with Gasteiger partial charge in [-0.2, -0.15) is 5.10 Å². The summed E-state index contributed by atoms with van der Waals surface area (Å²) in [7, 11) is 1.70. The molecule has 1 unspecified atom stereocenters. The fraction of sp³-hybridized carbons (Fsp3) is 0.545. The Morgan fingerprint density at radius 1 is 1.57 bits per heavy atom. The Labute approximate surface area is 120 Å². The van der Waals surface area contributed by atoms with Crippen molar-refractivity contribution in [2.24, 2.45) is 7.05 Å². The highest BCUT2D eigenvalue weighted by Gasteiger charge is 2.34. The van der Waals surface area contributed by atoms with Gasteiger partial charge in [0.25, 0.3) is 0 Å². The minimum atomic E-state index is -1.14. The second-order valence-corrected chi connectivity index (χ2v) is 4.59. The van der Waals surface area contributed by atoms with E-state index in [9.17, 15) is 14.4 Å².